The Morgan fingerprint density at radius 1 is 0.950 bits per heavy atom. The Balaban J connectivity index is 1.96. The summed E-state index contributed by atoms with van der Waals surface area (Å²) >= 11 is 0. The summed E-state index contributed by atoms with van der Waals surface area (Å²) in [6.07, 6.45) is 4.86. The van der Waals surface area contributed by atoms with Crippen LogP contribution in [0.4, 0.5) is 0 Å². The van der Waals surface area contributed by atoms with E-state index >= 15 is 0 Å². The molecule has 0 spiro atoms. The molecule has 1 fully saturated rings. The molecule has 0 aromatic carbocycles. The van der Waals surface area contributed by atoms with E-state index in [1.807, 2.05) is 0 Å². The predicted octanol–water partition coefficient (Wildman–Crippen LogP) is 1.24. The lowest BCUT2D eigenvalue weighted by atomic mass is 10.0. The first-order valence-corrected chi connectivity index (χ1v) is 7.90. The largest absolute Gasteiger partial charge is 0.388 e. The number of hydrogen-bond acceptors (Lipinski definition) is 5. The molecule has 3 N–H and O–H groups in total. The lowest BCUT2D eigenvalue weighted by Crippen LogP contribution is -2.54. The van der Waals surface area contributed by atoms with Crippen LogP contribution >= 0.6 is 0 Å². The first-order valence-electron chi connectivity index (χ1n) is 7.90. The highest BCUT2D eigenvalue weighted by atomic mass is 16.6. The zero-order valence-corrected chi connectivity index (χ0v) is 12.5. The lowest BCUT2D eigenvalue weighted by molar-refractivity contribution is -0.199. The van der Waals surface area contributed by atoms with Gasteiger partial charge in [0.05, 0.1) is 13.2 Å². The monoisotopic (exact) mass is 290 g/mol. The van der Waals surface area contributed by atoms with Crippen LogP contribution in [0.15, 0.2) is 0 Å². The minimum absolute atomic E-state index is 0.0453. The van der Waals surface area contributed by atoms with Crippen molar-refractivity contribution in [2.24, 2.45) is 0 Å². The molecule has 0 unspecified atom stereocenters. The van der Waals surface area contributed by atoms with Gasteiger partial charge < -0.3 is 24.8 Å². The number of aliphatic hydroxyl groups is 3. The predicted molar refractivity (Wildman–Crippen MR) is 76.6 cm³/mol. The van der Waals surface area contributed by atoms with Crippen LogP contribution in [-0.2, 0) is 9.47 Å². The number of aliphatic hydroxyl groups excluding tert-OH is 3. The quantitative estimate of drug-likeness (QED) is 0.528. The molecule has 0 bridgehead atoms. The second-order valence-electron chi connectivity index (χ2n) is 5.62. The Morgan fingerprint density at radius 3 is 2.30 bits per heavy atom. The molecule has 120 valence electrons. The van der Waals surface area contributed by atoms with Crippen molar-refractivity contribution in [3.05, 3.63) is 0 Å². The van der Waals surface area contributed by atoms with Gasteiger partial charge >= 0.3 is 0 Å². The molecule has 0 aliphatic carbocycles. The molecule has 0 aromatic rings. The van der Waals surface area contributed by atoms with Crippen molar-refractivity contribution >= 4 is 0 Å². The molecule has 20 heavy (non-hydrogen) atoms. The van der Waals surface area contributed by atoms with Crippen LogP contribution in [-0.4, -0.2) is 59.6 Å². The molecule has 0 radical (unpaired) electrons. The van der Waals surface area contributed by atoms with E-state index in [1.54, 1.807) is 0 Å². The Kier molecular flexibility index (Phi) is 9.39. The molecular formula is C15H30O5. The van der Waals surface area contributed by atoms with Crippen LogP contribution in [0.3, 0.4) is 0 Å². The van der Waals surface area contributed by atoms with Gasteiger partial charge in [-0.15, -0.1) is 0 Å². The summed E-state index contributed by atoms with van der Waals surface area (Å²) in [6, 6.07) is 0. The standard InChI is InChI=1S/C15H30O5/c1-2-3-4-5-6-7-8-9-19-11-13-15(18)14(17)12(16)10-20-13/h12-18H,2-11H2,1H3/t12-,13+,14+,15+/m1/s1. The fourth-order valence-corrected chi connectivity index (χ4v) is 2.37. The molecule has 5 heteroatoms. The summed E-state index contributed by atoms with van der Waals surface area (Å²) < 4.78 is 10.7. The number of hydrogen-bond donors (Lipinski definition) is 3. The highest BCUT2D eigenvalue weighted by Crippen LogP contribution is 2.16. The average molecular weight is 290 g/mol. The molecular weight excluding hydrogens is 260 g/mol. The van der Waals surface area contributed by atoms with Crippen LogP contribution in [0.2, 0.25) is 0 Å². The number of rotatable bonds is 10. The van der Waals surface area contributed by atoms with Crippen molar-refractivity contribution in [1.82, 2.24) is 0 Å². The van der Waals surface area contributed by atoms with Crippen LogP contribution in [0.1, 0.15) is 51.9 Å². The third-order valence-corrected chi connectivity index (χ3v) is 3.78. The lowest BCUT2D eigenvalue weighted by Gasteiger charge is -2.35. The third-order valence-electron chi connectivity index (χ3n) is 3.78. The zero-order valence-electron chi connectivity index (χ0n) is 12.5. The fourth-order valence-electron chi connectivity index (χ4n) is 2.37. The second-order valence-corrected chi connectivity index (χ2v) is 5.62. The van der Waals surface area contributed by atoms with Gasteiger partial charge in [-0.25, -0.2) is 0 Å². The van der Waals surface area contributed by atoms with Gasteiger partial charge in [0.1, 0.15) is 24.4 Å². The molecule has 1 saturated heterocycles. The van der Waals surface area contributed by atoms with Crippen LogP contribution in [0.5, 0.6) is 0 Å². The van der Waals surface area contributed by atoms with Gasteiger partial charge in [-0.2, -0.15) is 0 Å². The molecule has 1 aliphatic rings. The Hall–Kier alpha value is -0.200. The summed E-state index contributed by atoms with van der Waals surface area (Å²) in [6.45, 7) is 3.18. The maximum Gasteiger partial charge on any atom is 0.111 e. The van der Waals surface area contributed by atoms with E-state index in [-0.39, 0.29) is 13.2 Å². The second kappa shape index (κ2) is 10.5. The first kappa shape index (κ1) is 17.9. The maximum absolute atomic E-state index is 9.72. The topological polar surface area (TPSA) is 79.2 Å². The summed E-state index contributed by atoms with van der Waals surface area (Å²) in [5.41, 5.74) is 0. The van der Waals surface area contributed by atoms with Crippen molar-refractivity contribution in [3.8, 4) is 0 Å². The maximum atomic E-state index is 9.72. The van der Waals surface area contributed by atoms with E-state index in [4.69, 9.17) is 9.47 Å². The Labute approximate surface area is 121 Å². The SMILES string of the molecule is CCCCCCCCCOC[C@@H]1OC[C@@H](O)[C@H](O)[C@H]1O. The molecule has 1 rings (SSSR count). The normalized spacial score (nSPS) is 30.6. The van der Waals surface area contributed by atoms with E-state index in [2.05, 4.69) is 6.92 Å². The van der Waals surface area contributed by atoms with Crippen molar-refractivity contribution in [2.75, 3.05) is 19.8 Å². The summed E-state index contributed by atoms with van der Waals surface area (Å²) in [7, 11) is 0. The Morgan fingerprint density at radius 2 is 1.60 bits per heavy atom. The van der Waals surface area contributed by atoms with Gasteiger partial charge in [-0.3, -0.25) is 0 Å². The molecule has 5 nitrogen and oxygen atoms in total. The van der Waals surface area contributed by atoms with Gasteiger partial charge in [-0.1, -0.05) is 45.4 Å². The van der Waals surface area contributed by atoms with Crippen molar-refractivity contribution in [3.63, 3.8) is 0 Å². The molecule has 1 heterocycles. The summed E-state index contributed by atoms with van der Waals surface area (Å²) in [5.74, 6) is 0. The Bertz CT molecular complexity index is 236. The van der Waals surface area contributed by atoms with Crippen molar-refractivity contribution < 1.29 is 24.8 Å². The van der Waals surface area contributed by atoms with E-state index in [0.29, 0.717) is 6.61 Å². The minimum Gasteiger partial charge on any atom is -0.388 e. The number of unbranched alkanes of at least 4 members (excludes halogenated alkanes) is 6. The number of ether oxygens (including phenoxy) is 2. The third kappa shape index (κ3) is 6.50. The van der Waals surface area contributed by atoms with Gasteiger partial charge in [0.25, 0.3) is 0 Å². The average Bonchev–Trinajstić information content (AvgIpc) is 2.45. The highest BCUT2D eigenvalue weighted by Gasteiger charge is 2.37. The first-order chi connectivity index (χ1) is 9.66. The molecule has 4 atom stereocenters. The van der Waals surface area contributed by atoms with Crippen molar-refractivity contribution in [2.45, 2.75) is 76.3 Å². The zero-order chi connectivity index (χ0) is 14.8. The van der Waals surface area contributed by atoms with E-state index in [0.717, 1.165) is 6.42 Å². The van der Waals surface area contributed by atoms with E-state index < -0.39 is 24.4 Å². The van der Waals surface area contributed by atoms with E-state index in [1.165, 1.54) is 38.5 Å². The van der Waals surface area contributed by atoms with Gasteiger partial charge in [0.15, 0.2) is 0 Å². The molecule has 0 saturated carbocycles. The summed E-state index contributed by atoms with van der Waals surface area (Å²) in [5, 5.41) is 28.6. The van der Waals surface area contributed by atoms with E-state index in [9.17, 15) is 15.3 Å². The van der Waals surface area contributed by atoms with Crippen LogP contribution in [0.25, 0.3) is 0 Å². The van der Waals surface area contributed by atoms with Crippen LogP contribution in [0, 0.1) is 0 Å². The fraction of sp³-hybridized carbons (Fsp3) is 1.00. The highest BCUT2D eigenvalue weighted by molar-refractivity contribution is 4.86. The van der Waals surface area contributed by atoms with Gasteiger partial charge in [0.2, 0.25) is 0 Å². The van der Waals surface area contributed by atoms with Crippen molar-refractivity contribution in [1.29, 1.82) is 0 Å². The van der Waals surface area contributed by atoms with Crippen LogP contribution < -0.4 is 0 Å². The smallest absolute Gasteiger partial charge is 0.111 e. The minimum atomic E-state index is -1.14. The molecule has 1 aliphatic heterocycles. The summed E-state index contributed by atoms with van der Waals surface area (Å²) in [4.78, 5) is 0. The van der Waals surface area contributed by atoms with Gasteiger partial charge in [0, 0.05) is 6.61 Å². The molecule has 0 aromatic heterocycles. The van der Waals surface area contributed by atoms with Gasteiger partial charge in [-0.05, 0) is 6.42 Å². The molecule has 0 amide bonds.